The van der Waals surface area contributed by atoms with Gasteiger partial charge in [-0.3, -0.25) is 14.5 Å². The number of amides is 2. The average molecular weight is 415 g/mol. The molecule has 154 valence electrons. The maximum Gasteiger partial charge on any atom is 0.234 e. The monoisotopic (exact) mass is 414 g/mol. The molecule has 0 radical (unpaired) electrons. The van der Waals surface area contributed by atoms with Crippen LogP contribution in [0.15, 0.2) is 30.5 Å². The van der Waals surface area contributed by atoms with Crippen LogP contribution >= 0.6 is 11.6 Å². The van der Waals surface area contributed by atoms with Crippen molar-refractivity contribution >= 4 is 40.0 Å². The fraction of sp³-hybridized carbons (Fsp3) is 0.500. The highest BCUT2D eigenvalue weighted by atomic mass is 35.5. The number of aromatic nitrogens is 1. The molecule has 2 amide bonds. The van der Waals surface area contributed by atoms with Crippen LogP contribution < -0.4 is 10.6 Å². The third kappa shape index (κ3) is 4.38. The van der Waals surface area contributed by atoms with Gasteiger partial charge >= 0.3 is 0 Å². The van der Waals surface area contributed by atoms with Gasteiger partial charge in [0.2, 0.25) is 11.8 Å². The second-order valence-electron chi connectivity index (χ2n) is 9.56. The van der Waals surface area contributed by atoms with E-state index in [1.54, 1.807) is 6.20 Å². The third-order valence-corrected chi connectivity index (χ3v) is 5.93. The van der Waals surface area contributed by atoms with Crippen molar-refractivity contribution in [3.05, 3.63) is 35.5 Å². The lowest BCUT2D eigenvalue weighted by Gasteiger charge is -2.58. The third-order valence-electron chi connectivity index (χ3n) is 5.70. The van der Waals surface area contributed by atoms with Crippen LogP contribution in [-0.4, -0.2) is 46.9 Å². The second-order valence-corrected chi connectivity index (χ2v) is 10.00. The molecule has 1 aromatic heterocycles. The molecule has 1 saturated carbocycles. The summed E-state index contributed by atoms with van der Waals surface area (Å²) < 4.78 is 0. The number of nitrogens with zero attached hydrogens (tertiary/aromatic N) is 2. The fourth-order valence-corrected chi connectivity index (χ4v) is 4.74. The van der Waals surface area contributed by atoms with Crippen LogP contribution in [0.2, 0.25) is 5.02 Å². The molecule has 4 rings (SSSR count). The predicted molar refractivity (Wildman–Crippen MR) is 115 cm³/mol. The molecule has 29 heavy (non-hydrogen) atoms. The smallest absolute Gasteiger partial charge is 0.234 e. The Labute approximate surface area is 176 Å². The van der Waals surface area contributed by atoms with E-state index in [2.05, 4.69) is 20.5 Å². The maximum atomic E-state index is 12.7. The minimum Gasteiger partial charge on any atom is -0.350 e. The summed E-state index contributed by atoms with van der Waals surface area (Å²) in [6.45, 7) is 8.15. The molecule has 1 aliphatic carbocycles. The minimum atomic E-state index is -0.209. The van der Waals surface area contributed by atoms with E-state index >= 15 is 0 Å². The number of hydrogen-bond donors (Lipinski definition) is 2. The van der Waals surface area contributed by atoms with Gasteiger partial charge in [-0.25, -0.2) is 4.98 Å². The molecule has 2 aromatic rings. The standard InChI is InChI=1S/C22H27ClN4O2/c1-21(2,3)26-18(28)11-27-12-22(13-27)9-15(10-22)20(29)25-19-17-8-16(23)5-4-14(17)6-7-24-19/h4-8,15H,9-13H2,1-3H3,(H,26,28)(H,24,25,29). The van der Waals surface area contributed by atoms with Crippen LogP contribution in [-0.2, 0) is 9.59 Å². The van der Waals surface area contributed by atoms with E-state index in [0.29, 0.717) is 17.4 Å². The number of benzene rings is 1. The predicted octanol–water partition coefficient (Wildman–Crippen LogP) is 3.45. The van der Waals surface area contributed by atoms with Crippen molar-refractivity contribution < 1.29 is 9.59 Å². The van der Waals surface area contributed by atoms with Crippen molar-refractivity contribution in [1.29, 1.82) is 0 Å². The molecular weight excluding hydrogens is 388 g/mol. The molecule has 6 nitrogen and oxygen atoms in total. The van der Waals surface area contributed by atoms with E-state index in [4.69, 9.17) is 11.6 Å². The van der Waals surface area contributed by atoms with Crippen LogP contribution in [0.1, 0.15) is 33.6 Å². The van der Waals surface area contributed by atoms with E-state index < -0.39 is 0 Å². The Kier molecular flexibility index (Phi) is 5.03. The van der Waals surface area contributed by atoms with E-state index in [1.165, 1.54) is 0 Å². The first-order valence-corrected chi connectivity index (χ1v) is 10.4. The van der Waals surface area contributed by atoms with E-state index in [1.807, 2.05) is 45.0 Å². The van der Waals surface area contributed by atoms with Gasteiger partial charge in [0, 0.05) is 41.2 Å². The molecular formula is C22H27ClN4O2. The van der Waals surface area contributed by atoms with Gasteiger partial charge in [0.05, 0.1) is 6.54 Å². The van der Waals surface area contributed by atoms with E-state index in [-0.39, 0.29) is 28.7 Å². The molecule has 0 atom stereocenters. The van der Waals surface area contributed by atoms with Crippen LogP contribution in [0.5, 0.6) is 0 Å². The summed E-state index contributed by atoms with van der Waals surface area (Å²) in [5.41, 5.74) is -0.0152. The Morgan fingerprint density at radius 2 is 1.97 bits per heavy atom. The molecule has 0 unspecified atom stereocenters. The topological polar surface area (TPSA) is 74.3 Å². The van der Waals surface area contributed by atoms with Gasteiger partial charge in [-0.15, -0.1) is 0 Å². The lowest BCUT2D eigenvalue weighted by atomic mass is 9.57. The molecule has 0 bridgehead atoms. The van der Waals surface area contributed by atoms with Gasteiger partial charge in [-0.1, -0.05) is 17.7 Å². The fourth-order valence-electron chi connectivity index (χ4n) is 4.56. The average Bonchev–Trinajstić information content (AvgIpc) is 2.54. The first-order chi connectivity index (χ1) is 13.6. The molecule has 1 saturated heterocycles. The van der Waals surface area contributed by atoms with Crippen LogP contribution in [0.3, 0.4) is 0 Å². The van der Waals surface area contributed by atoms with Crippen molar-refractivity contribution in [2.45, 2.75) is 39.2 Å². The summed E-state index contributed by atoms with van der Waals surface area (Å²) >= 11 is 6.10. The Hall–Kier alpha value is -2.18. The Morgan fingerprint density at radius 1 is 1.24 bits per heavy atom. The minimum absolute atomic E-state index is 0.00297. The quantitative estimate of drug-likeness (QED) is 0.803. The molecule has 1 aromatic carbocycles. The highest BCUT2D eigenvalue weighted by Gasteiger charge is 2.54. The zero-order valence-corrected chi connectivity index (χ0v) is 17.8. The van der Waals surface area contributed by atoms with Gasteiger partial charge in [0.25, 0.3) is 0 Å². The molecule has 2 heterocycles. The summed E-state index contributed by atoms with van der Waals surface area (Å²) in [6, 6.07) is 7.48. The lowest BCUT2D eigenvalue weighted by Crippen LogP contribution is -2.65. The van der Waals surface area contributed by atoms with Crippen LogP contribution in [0.4, 0.5) is 5.82 Å². The zero-order valence-electron chi connectivity index (χ0n) is 17.1. The summed E-state index contributed by atoms with van der Waals surface area (Å²) in [4.78, 5) is 31.2. The number of nitrogens with one attached hydrogen (secondary N) is 2. The van der Waals surface area contributed by atoms with Gasteiger partial charge in [-0.2, -0.15) is 0 Å². The highest BCUT2D eigenvalue weighted by Crippen LogP contribution is 2.52. The number of halogens is 1. The number of anilines is 1. The highest BCUT2D eigenvalue weighted by molar-refractivity contribution is 6.31. The molecule has 2 aliphatic rings. The summed E-state index contributed by atoms with van der Waals surface area (Å²) in [7, 11) is 0. The molecule has 1 spiro atoms. The number of likely N-dealkylation sites (tertiary alicyclic amines) is 1. The zero-order chi connectivity index (χ0) is 20.8. The number of rotatable bonds is 4. The Morgan fingerprint density at radius 3 is 2.66 bits per heavy atom. The molecule has 2 N–H and O–H groups in total. The first-order valence-electron chi connectivity index (χ1n) is 10.0. The number of hydrogen-bond acceptors (Lipinski definition) is 4. The van der Waals surface area contributed by atoms with Crippen LogP contribution in [0, 0.1) is 11.3 Å². The van der Waals surface area contributed by atoms with Gasteiger partial charge in [0.1, 0.15) is 5.82 Å². The summed E-state index contributed by atoms with van der Waals surface area (Å²) in [6.07, 6.45) is 3.42. The number of fused-ring (bicyclic) bond motifs is 1. The number of carbonyl (C=O) groups excluding carboxylic acids is 2. The molecule has 2 fully saturated rings. The van der Waals surface area contributed by atoms with Crippen molar-refractivity contribution in [2.24, 2.45) is 11.3 Å². The first kappa shape index (κ1) is 20.1. The SMILES string of the molecule is CC(C)(C)NC(=O)CN1CC2(CC(C(=O)Nc3nccc4ccc(Cl)cc34)C2)C1. The Bertz CT molecular complexity index is 955. The van der Waals surface area contributed by atoms with Gasteiger partial charge in [0.15, 0.2) is 0 Å². The lowest BCUT2D eigenvalue weighted by molar-refractivity contribution is -0.144. The van der Waals surface area contributed by atoms with Gasteiger partial charge in [-0.05, 0) is 62.6 Å². The largest absolute Gasteiger partial charge is 0.350 e. The second kappa shape index (κ2) is 7.26. The maximum absolute atomic E-state index is 12.7. The van der Waals surface area contributed by atoms with Crippen molar-refractivity contribution in [3.8, 4) is 0 Å². The number of carbonyl (C=O) groups is 2. The molecule has 1 aliphatic heterocycles. The van der Waals surface area contributed by atoms with Crippen LogP contribution in [0.25, 0.3) is 10.8 Å². The van der Waals surface area contributed by atoms with Gasteiger partial charge < -0.3 is 10.6 Å². The summed E-state index contributed by atoms with van der Waals surface area (Å²) in [5.74, 6) is 0.628. The Balaban J connectivity index is 1.29. The van der Waals surface area contributed by atoms with E-state index in [9.17, 15) is 9.59 Å². The number of pyridine rings is 1. The molecule has 7 heteroatoms. The summed E-state index contributed by atoms with van der Waals surface area (Å²) in [5, 5.41) is 8.44. The van der Waals surface area contributed by atoms with Crippen molar-refractivity contribution in [1.82, 2.24) is 15.2 Å². The van der Waals surface area contributed by atoms with E-state index in [0.717, 1.165) is 36.7 Å². The normalized spacial score (nSPS) is 18.9. The van der Waals surface area contributed by atoms with Crippen molar-refractivity contribution in [3.63, 3.8) is 0 Å². The van der Waals surface area contributed by atoms with Crippen molar-refractivity contribution in [2.75, 3.05) is 25.0 Å².